The summed E-state index contributed by atoms with van der Waals surface area (Å²) in [6, 6.07) is 23.9. The van der Waals surface area contributed by atoms with E-state index in [2.05, 4.69) is 6.07 Å². The molecule has 0 unspecified atom stereocenters. The summed E-state index contributed by atoms with van der Waals surface area (Å²) in [7, 11) is -3.20. The standard InChI is InChI=1S/C21H17NO3S/c1-26(23,24)20-12-10-19(11-13-20)25-15-16-6-8-17(9-7-16)21-5-3-2-4-18(21)14-22/h2-13H,15H2,1H3. The highest BCUT2D eigenvalue weighted by atomic mass is 32.2. The zero-order valence-electron chi connectivity index (χ0n) is 14.2. The van der Waals surface area contributed by atoms with Crippen molar-refractivity contribution in [3.05, 3.63) is 83.9 Å². The lowest BCUT2D eigenvalue weighted by molar-refractivity contribution is 0.306. The Morgan fingerprint density at radius 3 is 2.19 bits per heavy atom. The van der Waals surface area contributed by atoms with Gasteiger partial charge in [0.2, 0.25) is 0 Å². The number of nitriles is 1. The molecule has 0 heterocycles. The molecule has 3 aromatic rings. The molecule has 130 valence electrons. The van der Waals surface area contributed by atoms with E-state index in [4.69, 9.17) is 4.74 Å². The number of rotatable bonds is 5. The summed E-state index contributed by atoms with van der Waals surface area (Å²) in [6.07, 6.45) is 1.18. The summed E-state index contributed by atoms with van der Waals surface area (Å²) >= 11 is 0. The Bertz CT molecular complexity index is 1050. The van der Waals surface area contributed by atoms with E-state index < -0.39 is 9.84 Å². The van der Waals surface area contributed by atoms with Gasteiger partial charge in [-0.2, -0.15) is 5.26 Å². The quantitative estimate of drug-likeness (QED) is 0.681. The molecule has 0 atom stereocenters. The van der Waals surface area contributed by atoms with Crippen LogP contribution in [0.4, 0.5) is 0 Å². The molecule has 0 saturated carbocycles. The predicted molar refractivity (Wildman–Crippen MR) is 100 cm³/mol. The van der Waals surface area contributed by atoms with E-state index in [0.717, 1.165) is 16.7 Å². The molecule has 0 spiro atoms. The average molecular weight is 363 g/mol. The van der Waals surface area contributed by atoms with Gasteiger partial charge >= 0.3 is 0 Å². The molecule has 0 radical (unpaired) electrons. The highest BCUT2D eigenvalue weighted by Crippen LogP contribution is 2.24. The zero-order chi connectivity index (χ0) is 18.6. The molecule has 0 aliphatic rings. The van der Waals surface area contributed by atoms with Gasteiger partial charge in [-0.15, -0.1) is 0 Å². The molecule has 3 aromatic carbocycles. The molecule has 26 heavy (non-hydrogen) atoms. The van der Waals surface area contributed by atoms with Crippen molar-refractivity contribution in [3.8, 4) is 22.9 Å². The van der Waals surface area contributed by atoms with Gasteiger partial charge in [0.25, 0.3) is 0 Å². The average Bonchev–Trinajstić information content (AvgIpc) is 2.66. The number of hydrogen-bond donors (Lipinski definition) is 0. The minimum absolute atomic E-state index is 0.269. The number of nitrogens with zero attached hydrogens (tertiary/aromatic N) is 1. The Balaban J connectivity index is 1.69. The highest BCUT2D eigenvalue weighted by Gasteiger charge is 2.07. The van der Waals surface area contributed by atoms with Crippen molar-refractivity contribution in [1.82, 2.24) is 0 Å². The van der Waals surface area contributed by atoms with Crippen molar-refractivity contribution in [2.45, 2.75) is 11.5 Å². The molecule has 0 N–H and O–H groups in total. The number of benzene rings is 3. The zero-order valence-corrected chi connectivity index (χ0v) is 15.0. The number of hydrogen-bond acceptors (Lipinski definition) is 4. The van der Waals surface area contributed by atoms with Gasteiger partial charge in [-0.05, 0) is 47.0 Å². The lowest BCUT2D eigenvalue weighted by Crippen LogP contribution is -1.98. The lowest BCUT2D eigenvalue weighted by Gasteiger charge is -2.09. The van der Waals surface area contributed by atoms with Crippen molar-refractivity contribution in [2.75, 3.05) is 6.26 Å². The highest BCUT2D eigenvalue weighted by molar-refractivity contribution is 7.90. The van der Waals surface area contributed by atoms with Crippen LogP contribution in [0.15, 0.2) is 77.7 Å². The van der Waals surface area contributed by atoms with Crippen LogP contribution < -0.4 is 4.74 Å². The fourth-order valence-corrected chi connectivity index (χ4v) is 3.19. The minimum atomic E-state index is -3.20. The van der Waals surface area contributed by atoms with Gasteiger partial charge in [0, 0.05) is 6.26 Å². The normalized spacial score (nSPS) is 10.9. The topological polar surface area (TPSA) is 67.2 Å². The molecular formula is C21H17NO3S. The molecule has 0 amide bonds. The SMILES string of the molecule is CS(=O)(=O)c1ccc(OCc2ccc(-c3ccccc3C#N)cc2)cc1. The summed E-state index contributed by atoms with van der Waals surface area (Å²) in [5.74, 6) is 0.608. The van der Waals surface area contributed by atoms with Crippen molar-refractivity contribution in [2.24, 2.45) is 0 Å². The van der Waals surface area contributed by atoms with Crippen LogP contribution in [0.2, 0.25) is 0 Å². The van der Waals surface area contributed by atoms with Gasteiger partial charge in [-0.1, -0.05) is 42.5 Å². The van der Waals surface area contributed by atoms with Crippen LogP contribution in [-0.2, 0) is 16.4 Å². The molecule has 0 fully saturated rings. The molecule has 0 aliphatic heterocycles. The first-order valence-corrected chi connectivity index (χ1v) is 9.88. The van der Waals surface area contributed by atoms with Gasteiger partial charge in [-0.3, -0.25) is 0 Å². The van der Waals surface area contributed by atoms with E-state index in [1.165, 1.54) is 18.4 Å². The molecule has 0 aromatic heterocycles. The molecular weight excluding hydrogens is 346 g/mol. The second-order valence-corrected chi connectivity index (χ2v) is 7.90. The van der Waals surface area contributed by atoms with Crippen molar-refractivity contribution < 1.29 is 13.2 Å². The molecule has 3 rings (SSSR count). The Kier molecular flexibility index (Phi) is 5.06. The van der Waals surface area contributed by atoms with E-state index in [1.54, 1.807) is 18.2 Å². The second kappa shape index (κ2) is 7.42. The van der Waals surface area contributed by atoms with Gasteiger partial charge in [0.1, 0.15) is 12.4 Å². The van der Waals surface area contributed by atoms with E-state index in [1.807, 2.05) is 42.5 Å². The Morgan fingerprint density at radius 2 is 1.58 bits per heavy atom. The van der Waals surface area contributed by atoms with Crippen LogP contribution in [-0.4, -0.2) is 14.7 Å². The largest absolute Gasteiger partial charge is 0.489 e. The Hall–Kier alpha value is -3.10. The third-order valence-corrected chi connectivity index (χ3v) is 5.10. The number of ether oxygens (including phenoxy) is 1. The summed E-state index contributed by atoms with van der Waals surface area (Å²) in [6.45, 7) is 0.373. The maximum atomic E-state index is 11.5. The summed E-state index contributed by atoms with van der Waals surface area (Å²) in [4.78, 5) is 0.269. The van der Waals surface area contributed by atoms with E-state index >= 15 is 0 Å². The van der Waals surface area contributed by atoms with Crippen LogP contribution in [0.1, 0.15) is 11.1 Å². The molecule has 4 nitrogen and oxygen atoms in total. The predicted octanol–water partition coefficient (Wildman–Crippen LogP) is 4.21. The van der Waals surface area contributed by atoms with Gasteiger partial charge < -0.3 is 4.74 Å². The molecule has 0 saturated heterocycles. The Labute approximate surface area is 153 Å². The lowest BCUT2D eigenvalue weighted by atomic mass is 9.99. The van der Waals surface area contributed by atoms with Crippen LogP contribution >= 0.6 is 0 Å². The minimum Gasteiger partial charge on any atom is -0.489 e. The van der Waals surface area contributed by atoms with Crippen molar-refractivity contribution >= 4 is 9.84 Å². The fraction of sp³-hybridized carbons (Fsp3) is 0.0952. The van der Waals surface area contributed by atoms with Crippen molar-refractivity contribution in [3.63, 3.8) is 0 Å². The maximum Gasteiger partial charge on any atom is 0.175 e. The van der Waals surface area contributed by atoms with E-state index in [-0.39, 0.29) is 4.90 Å². The molecule has 5 heteroatoms. The summed E-state index contributed by atoms with van der Waals surface area (Å²) < 4.78 is 28.6. The Morgan fingerprint density at radius 1 is 0.923 bits per heavy atom. The summed E-state index contributed by atoms with van der Waals surface area (Å²) in [5.41, 5.74) is 3.50. The first-order valence-electron chi connectivity index (χ1n) is 7.99. The third-order valence-electron chi connectivity index (χ3n) is 3.97. The summed E-state index contributed by atoms with van der Waals surface area (Å²) in [5, 5.41) is 9.21. The first kappa shape index (κ1) is 17.7. The van der Waals surface area contributed by atoms with Crippen LogP contribution in [0.25, 0.3) is 11.1 Å². The van der Waals surface area contributed by atoms with Crippen LogP contribution in [0.5, 0.6) is 5.75 Å². The smallest absolute Gasteiger partial charge is 0.175 e. The van der Waals surface area contributed by atoms with Gasteiger partial charge in [-0.25, -0.2) is 8.42 Å². The molecule has 0 bridgehead atoms. The molecule has 0 aliphatic carbocycles. The number of sulfone groups is 1. The van der Waals surface area contributed by atoms with Gasteiger partial charge in [0.15, 0.2) is 9.84 Å². The first-order chi connectivity index (χ1) is 12.5. The van der Waals surface area contributed by atoms with Crippen LogP contribution in [0, 0.1) is 11.3 Å². The monoisotopic (exact) mass is 363 g/mol. The van der Waals surface area contributed by atoms with Gasteiger partial charge in [0.05, 0.1) is 16.5 Å². The van der Waals surface area contributed by atoms with E-state index in [9.17, 15) is 13.7 Å². The van der Waals surface area contributed by atoms with Crippen molar-refractivity contribution in [1.29, 1.82) is 5.26 Å². The maximum absolute atomic E-state index is 11.5. The van der Waals surface area contributed by atoms with E-state index in [0.29, 0.717) is 17.9 Å². The second-order valence-electron chi connectivity index (χ2n) is 5.89. The third kappa shape index (κ3) is 4.11. The van der Waals surface area contributed by atoms with Crippen LogP contribution in [0.3, 0.4) is 0 Å². The fourth-order valence-electron chi connectivity index (χ4n) is 2.56.